The molecular weight excluding hydrogens is 307 g/mol. The summed E-state index contributed by atoms with van der Waals surface area (Å²) in [4.78, 5) is 4.29. The third kappa shape index (κ3) is 3.39. The van der Waals surface area contributed by atoms with Gasteiger partial charge >= 0.3 is 0 Å². The Morgan fingerprint density at radius 2 is 2.11 bits per heavy atom. The number of hydrogen-bond donors (Lipinski definition) is 1. The highest BCUT2D eigenvalue weighted by Crippen LogP contribution is 2.26. The summed E-state index contributed by atoms with van der Waals surface area (Å²) in [6.07, 6.45) is 1.79. The molecule has 1 N–H and O–H groups in total. The number of aromatic nitrogens is 1. The van der Waals surface area contributed by atoms with Gasteiger partial charge in [-0.05, 0) is 43.3 Å². The predicted molar refractivity (Wildman–Crippen MR) is 78.6 cm³/mol. The van der Waals surface area contributed by atoms with Gasteiger partial charge in [0.2, 0.25) is 0 Å². The number of aryl methyl sites for hydroxylation is 1. The molecule has 0 aliphatic rings. The van der Waals surface area contributed by atoms with Crippen LogP contribution in [-0.2, 0) is 0 Å². The number of rotatable bonds is 4. The lowest BCUT2D eigenvalue weighted by Gasteiger charge is -2.19. The molecule has 1 unspecified atom stereocenters. The predicted octanol–water partition coefficient (Wildman–Crippen LogP) is 3.99. The van der Waals surface area contributed by atoms with E-state index in [2.05, 4.69) is 26.2 Å². The Labute approximate surface area is 121 Å². The summed E-state index contributed by atoms with van der Waals surface area (Å²) in [5, 5.41) is 3.30. The molecule has 2 nitrogen and oxygen atoms in total. The molecule has 0 saturated carbocycles. The summed E-state index contributed by atoms with van der Waals surface area (Å²) < 4.78 is 14.9. The van der Waals surface area contributed by atoms with E-state index < -0.39 is 0 Å². The maximum Gasteiger partial charge on any atom is 0.128 e. The molecule has 0 amide bonds. The van der Waals surface area contributed by atoms with Gasteiger partial charge < -0.3 is 5.32 Å². The van der Waals surface area contributed by atoms with E-state index in [1.165, 1.54) is 6.07 Å². The molecule has 19 heavy (non-hydrogen) atoms. The summed E-state index contributed by atoms with van der Waals surface area (Å²) in [6, 6.07) is 8.73. The number of pyridine rings is 1. The third-order valence-corrected chi connectivity index (χ3v) is 3.44. The molecule has 0 aliphatic carbocycles. The van der Waals surface area contributed by atoms with Gasteiger partial charge in [0.05, 0.1) is 6.04 Å². The number of halogens is 2. The molecule has 0 spiro atoms. The lowest BCUT2D eigenvalue weighted by atomic mass is 9.99. The average Bonchev–Trinajstić information content (AvgIpc) is 2.40. The minimum atomic E-state index is -0.213. The molecule has 0 radical (unpaired) electrons. The number of hydrogen-bond acceptors (Lipinski definition) is 2. The Balaban J connectivity index is 2.44. The van der Waals surface area contributed by atoms with Crippen LogP contribution in [0.1, 0.15) is 29.8 Å². The minimum absolute atomic E-state index is 0.185. The summed E-state index contributed by atoms with van der Waals surface area (Å²) in [7, 11) is 0. The molecule has 100 valence electrons. The molecule has 1 heterocycles. The van der Waals surface area contributed by atoms with Crippen LogP contribution in [0.4, 0.5) is 4.39 Å². The first kappa shape index (κ1) is 14.2. The van der Waals surface area contributed by atoms with Crippen LogP contribution < -0.4 is 5.32 Å². The van der Waals surface area contributed by atoms with Crippen LogP contribution in [0, 0.1) is 12.7 Å². The van der Waals surface area contributed by atoms with Crippen molar-refractivity contribution in [2.45, 2.75) is 19.9 Å². The topological polar surface area (TPSA) is 24.9 Å². The quantitative estimate of drug-likeness (QED) is 0.920. The van der Waals surface area contributed by atoms with Crippen LogP contribution in [-0.4, -0.2) is 11.5 Å². The molecule has 0 saturated heterocycles. The van der Waals surface area contributed by atoms with Gasteiger partial charge in [0, 0.05) is 21.9 Å². The number of nitrogens with one attached hydrogen (secondary N) is 1. The van der Waals surface area contributed by atoms with Gasteiger partial charge in [0.25, 0.3) is 0 Å². The van der Waals surface area contributed by atoms with Crippen LogP contribution in [0.5, 0.6) is 0 Å². The molecular formula is C15H16BrFN2. The van der Waals surface area contributed by atoms with Gasteiger partial charge in [-0.2, -0.15) is 0 Å². The first-order valence-electron chi connectivity index (χ1n) is 6.22. The number of nitrogens with zero attached hydrogens (tertiary/aromatic N) is 1. The van der Waals surface area contributed by atoms with Crippen LogP contribution >= 0.6 is 15.9 Å². The first-order valence-corrected chi connectivity index (χ1v) is 7.02. The van der Waals surface area contributed by atoms with Gasteiger partial charge in [-0.1, -0.05) is 28.9 Å². The van der Waals surface area contributed by atoms with Crippen molar-refractivity contribution < 1.29 is 4.39 Å². The third-order valence-electron chi connectivity index (χ3n) is 2.94. The Bertz CT molecular complexity index is 555. The van der Waals surface area contributed by atoms with Crippen molar-refractivity contribution >= 4 is 15.9 Å². The van der Waals surface area contributed by atoms with E-state index in [0.717, 1.165) is 22.3 Å². The molecule has 0 fully saturated rings. The number of benzene rings is 1. The van der Waals surface area contributed by atoms with E-state index in [0.29, 0.717) is 5.56 Å². The van der Waals surface area contributed by atoms with Crippen molar-refractivity contribution in [1.29, 1.82) is 0 Å². The zero-order chi connectivity index (χ0) is 13.8. The highest BCUT2D eigenvalue weighted by Gasteiger charge is 2.17. The van der Waals surface area contributed by atoms with Gasteiger partial charge in [0.1, 0.15) is 5.82 Å². The second kappa shape index (κ2) is 6.26. The fraction of sp³-hybridized carbons (Fsp3) is 0.267. The van der Waals surface area contributed by atoms with E-state index in [1.807, 2.05) is 32.0 Å². The maximum atomic E-state index is 14.0. The van der Waals surface area contributed by atoms with Gasteiger partial charge in [-0.25, -0.2) is 4.39 Å². The van der Waals surface area contributed by atoms with E-state index in [4.69, 9.17) is 0 Å². The molecule has 1 atom stereocenters. The summed E-state index contributed by atoms with van der Waals surface area (Å²) in [6.45, 7) is 4.70. The zero-order valence-corrected chi connectivity index (χ0v) is 12.5. The molecule has 1 aromatic heterocycles. The van der Waals surface area contributed by atoms with Crippen LogP contribution in [0.2, 0.25) is 0 Å². The molecule has 4 heteroatoms. The fourth-order valence-electron chi connectivity index (χ4n) is 2.00. The summed E-state index contributed by atoms with van der Waals surface area (Å²) in [5.41, 5.74) is 2.54. The summed E-state index contributed by atoms with van der Waals surface area (Å²) >= 11 is 3.39. The van der Waals surface area contributed by atoms with Crippen molar-refractivity contribution in [1.82, 2.24) is 10.3 Å². The monoisotopic (exact) mass is 322 g/mol. The second-order valence-corrected chi connectivity index (χ2v) is 5.31. The second-order valence-electron chi connectivity index (χ2n) is 4.39. The maximum absolute atomic E-state index is 14.0. The Kier molecular flexibility index (Phi) is 4.66. The fourth-order valence-corrected chi connectivity index (χ4v) is 2.38. The minimum Gasteiger partial charge on any atom is -0.306 e. The molecule has 2 rings (SSSR count). The first-order chi connectivity index (χ1) is 9.11. The van der Waals surface area contributed by atoms with E-state index in [1.54, 1.807) is 12.3 Å². The smallest absolute Gasteiger partial charge is 0.128 e. The van der Waals surface area contributed by atoms with Crippen molar-refractivity contribution in [3.05, 3.63) is 63.6 Å². The molecule has 2 aromatic rings. The van der Waals surface area contributed by atoms with Crippen LogP contribution in [0.3, 0.4) is 0 Å². The largest absolute Gasteiger partial charge is 0.306 e. The van der Waals surface area contributed by atoms with E-state index >= 15 is 0 Å². The van der Waals surface area contributed by atoms with E-state index in [-0.39, 0.29) is 11.9 Å². The Hall–Kier alpha value is -1.26. The molecule has 1 aromatic carbocycles. The summed E-state index contributed by atoms with van der Waals surface area (Å²) in [5.74, 6) is -0.213. The highest BCUT2D eigenvalue weighted by atomic mass is 79.9. The van der Waals surface area contributed by atoms with Gasteiger partial charge in [0.15, 0.2) is 0 Å². The van der Waals surface area contributed by atoms with Crippen molar-refractivity contribution in [3.63, 3.8) is 0 Å². The normalized spacial score (nSPS) is 12.4. The molecule has 0 aliphatic heterocycles. The Morgan fingerprint density at radius 1 is 1.32 bits per heavy atom. The lowest BCUT2D eigenvalue weighted by Crippen LogP contribution is -2.23. The zero-order valence-electron chi connectivity index (χ0n) is 11.0. The lowest BCUT2D eigenvalue weighted by molar-refractivity contribution is 0.557. The van der Waals surface area contributed by atoms with Crippen molar-refractivity contribution in [2.75, 3.05) is 6.54 Å². The van der Waals surface area contributed by atoms with Crippen molar-refractivity contribution in [3.8, 4) is 0 Å². The van der Waals surface area contributed by atoms with Crippen LogP contribution in [0.25, 0.3) is 0 Å². The SMILES string of the molecule is CCNC(c1ccc(C)nc1)c1cc(Br)ccc1F. The standard InChI is InChI=1S/C15H16BrFN2/c1-3-18-15(11-5-4-10(2)19-9-11)13-8-12(16)6-7-14(13)17/h4-9,15,18H,3H2,1-2H3. The van der Waals surface area contributed by atoms with Gasteiger partial charge in [-0.15, -0.1) is 0 Å². The molecule has 0 bridgehead atoms. The van der Waals surface area contributed by atoms with Crippen LogP contribution in [0.15, 0.2) is 41.0 Å². The highest BCUT2D eigenvalue weighted by molar-refractivity contribution is 9.10. The van der Waals surface area contributed by atoms with Gasteiger partial charge in [-0.3, -0.25) is 4.98 Å². The van der Waals surface area contributed by atoms with Crippen molar-refractivity contribution in [2.24, 2.45) is 0 Å². The van der Waals surface area contributed by atoms with E-state index in [9.17, 15) is 4.39 Å². The Morgan fingerprint density at radius 3 is 2.74 bits per heavy atom. The average molecular weight is 323 g/mol.